The second kappa shape index (κ2) is 10.1. The fourth-order valence-electron chi connectivity index (χ4n) is 4.43. The molecule has 3 aromatic carbocycles. The first-order valence-corrected chi connectivity index (χ1v) is 13.5. The standard InChI is InChI=1S/C27H29N3O5S/c1-19-5-9-22(10-6-19)36(32,33)29-23-16-21(8-11-24(23)30-13-3-2-4-14-30)27(31)28-17-20-7-12-25-26(15-20)35-18-34-25/h5-12,15-16,29H,2-4,13-14,17-18H2,1H3,(H,28,31). The van der Waals surface area contributed by atoms with Crippen molar-refractivity contribution >= 4 is 27.3 Å². The molecule has 5 rings (SSSR count). The van der Waals surface area contributed by atoms with Crippen LogP contribution in [0.25, 0.3) is 0 Å². The Balaban J connectivity index is 1.38. The van der Waals surface area contributed by atoms with Crippen molar-refractivity contribution in [3.05, 3.63) is 77.4 Å². The summed E-state index contributed by atoms with van der Waals surface area (Å²) in [5.41, 5.74) is 3.39. The van der Waals surface area contributed by atoms with Crippen LogP contribution in [-0.4, -0.2) is 34.2 Å². The van der Waals surface area contributed by atoms with Gasteiger partial charge in [-0.15, -0.1) is 0 Å². The van der Waals surface area contributed by atoms with Gasteiger partial charge in [-0.1, -0.05) is 23.8 Å². The number of sulfonamides is 1. The van der Waals surface area contributed by atoms with E-state index in [1.165, 1.54) is 0 Å². The van der Waals surface area contributed by atoms with Crippen LogP contribution >= 0.6 is 0 Å². The number of amides is 1. The molecule has 0 spiro atoms. The van der Waals surface area contributed by atoms with E-state index in [-0.39, 0.29) is 17.6 Å². The smallest absolute Gasteiger partial charge is 0.261 e. The van der Waals surface area contributed by atoms with Crippen molar-refractivity contribution in [3.8, 4) is 11.5 Å². The molecule has 3 aromatic rings. The highest BCUT2D eigenvalue weighted by atomic mass is 32.2. The molecular weight excluding hydrogens is 478 g/mol. The zero-order chi connectivity index (χ0) is 25.1. The van der Waals surface area contributed by atoms with Crippen LogP contribution in [0.4, 0.5) is 11.4 Å². The zero-order valence-corrected chi connectivity index (χ0v) is 20.9. The van der Waals surface area contributed by atoms with Crippen LogP contribution in [0.2, 0.25) is 0 Å². The van der Waals surface area contributed by atoms with Crippen molar-refractivity contribution in [1.29, 1.82) is 0 Å². The summed E-state index contributed by atoms with van der Waals surface area (Å²) >= 11 is 0. The van der Waals surface area contributed by atoms with Crippen LogP contribution < -0.4 is 24.4 Å². The fraction of sp³-hybridized carbons (Fsp3) is 0.296. The summed E-state index contributed by atoms with van der Waals surface area (Å²) in [4.78, 5) is 15.4. The fourth-order valence-corrected chi connectivity index (χ4v) is 5.49. The summed E-state index contributed by atoms with van der Waals surface area (Å²) in [6.07, 6.45) is 3.24. The Morgan fingerprint density at radius 3 is 2.44 bits per heavy atom. The molecule has 0 unspecified atom stereocenters. The first-order valence-electron chi connectivity index (χ1n) is 12.0. The van der Waals surface area contributed by atoms with Gasteiger partial charge < -0.3 is 19.7 Å². The number of rotatable bonds is 7. The van der Waals surface area contributed by atoms with Crippen molar-refractivity contribution in [2.75, 3.05) is 29.5 Å². The van der Waals surface area contributed by atoms with E-state index < -0.39 is 10.0 Å². The minimum Gasteiger partial charge on any atom is -0.454 e. The van der Waals surface area contributed by atoms with Crippen LogP contribution in [0.3, 0.4) is 0 Å². The number of benzene rings is 3. The van der Waals surface area contributed by atoms with Crippen LogP contribution in [-0.2, 0) is 16.6 Å². The summed E-state index contributed by atoms with van der Waals surface area (Å²) in [5.74, 6) is 1.04. The SMILES string of the molecule is Cc1ccc(S(=O)(=O)Nc2cc(C(=O)NCc3ccc4c(c3)OCO4)ccc2N2CCCCC2)cc1. The van der Waals surface area contributed by atoms with E-state index in [1.807, 2.05) is 31.2 Å². The van der Waals surface area contributed by atoms with Crippen LogP contribution in [0.1, 0.15) is 40.7 Å². The molecule has 0 bridgehead atoms. The quantitative estimate of drug-likeness (QED) is 0.491. The van der Waals surface area contributed by atoms with Crippen LogP contribution in [0, 0.1) is 6.92 Å². The van der Waals surface area contributed by atoms with Crippen molar-refractivity contribution in [2.45, 2.75) is 37.6 Å². The summed E-state index contributed by atoms with van der Waals surface area (Å²) in [7, 11) is -3.83. The van der Waals surface area contributed by atoms with Gasteiger partial charge in [0.05, 0.1) is 16.3 Å². The van der Waals surface area contributed by atoms with Gasteiger partial charge in [0.2, 0.25) is 6.79 Å². The molecule has 8 nitrogen and oxygen atoms in total. The Kier molecular flexibility index (Phi) is 6.73. The molecule has 1 saturated heterocycles. The Bertz CT molecular complexity index is 1370. The molecule has 0 saturated carbocycles. The first-order chi connectivity index (χ1) is 17.4. The average molecular weight is 508 g/mol. The minimum absolute atomic E-state index is 0.176. The van der Waals surface area contributed by atoms with E-state index >= 15 is 0 Å². The number of carbonyl (C=O) groups excluding carboxylic acids is 1. The molecule has 9 heteroatoms. The Morgan fingerprint density at radius 2 is 1.67 bits per heavy atom. The van der Waals surface area contributed by atoms with Gasteiger partial charge in [0.1, 0.15) is 0 Å². The van der Waals surface area contributed by atoms with Gasteiger partial charge in [-0.2, -0.15) is 0 Å². The number of anilines is 2. The highest BCUT2D eigenvalue weighted by molar-refractivity contribution is 7.92. The lowest BCUT2D eigenvalue weighted by molar-refractivity contribution is 0.0951. The normalized spacial score (nSPS) is 15.0. The number of piperidine rings is 1. The van der Waals surface area contributed by atoms with Crippen LogP contribution in [0.15, 0.2) is 65.6 Å². The Labute approximate surface area is 211 Å². The molecule has 2 aliphatic heterocycles. The molecule has 0 atom stereocenters. The van der Waals surface area contributed by atoms with Gasteiger partial charge in [-0.25, -0.2) is 8.42 Å². The number of ether oxygens (including phenoxy) is 2. The maximum atomic E-state index is 13.2. The number of hydrogen-bond donors (Lipinski definition) is 2. The third kappa shape index (κ3) is 5.26. The van der Waals surface area contributed by atoms with E-state index in [1.54, 1.807) is 36.4 Å². The molecule has 2 N–H and O–H groups in total. The van der Waals surface area contributed by atoms with Gasteiger partial charge in [-0.05, 0) is 74.2 Å². The lowest BCUT2D eigenvalue weighted by atomic mass is 10.1. The summed E-state index contributed by atoms with van der Waals surface area (Å²) < 4.78 is 39.8. The molecule has 0 aromatic heterocycles. The van der Waals surface area contributed by atoms with Crippen molar-refractivity contribution in [2.24, 2.45) is 0 Å². The van der Waals surface area contributed by atoms with Crippen molar-refractivity contribution < 1.29 is 22.7 Å². The topological polar surface area (TPSA) is 97.0 Å². The van der Waals surface area contributed by atoms with E-state index in [4.69, 9.17) is 9.47 Å². The van der Waals surface area contributed by atoms with E-state index in [2.05, 4.69) is 14.9 Å². The highest BCUT2D eigenvalue weighted by Crippen LogP contribution is 2.33. The molecule has 188 valence electrons. The number of nitrogens with zero attached hydrogens (tertiary/aromatic N) is 1. The maximum Gasteiger partial charge on any atom is 0.261 e. The largest absolute Gasteiger partial charge is 0.454 e. The summed E-state index contributed by atoms with van der Waals surface area (Å²) in [6.45, 7) is 4.08. The number of hydrogen-bond acceptors (Lipinski definition) is 6. The average Bonchev–Trinajstić information content (AvgIpc) is 3.36. The van der Waals surface area contributed by atoms with E-state index in [0.29, 0.717) is 29.3 Å². The van der Waals surface area contributed by atoms with Gasteiger partial charge in [0.15, 0.2) is 11.5 Å². The lowest BCUT2D eigenvalue weighted by Gasteiger charge is -2.31. The summed E-state index contributed by atoms with van der Waals surface area (Å²) in [6, 6.07) is 17.4. The zero-order valence-electron chi connectivity index (χ0n) is 20.1. The Hall–Kier alpha value is -3.72. The van der Waals surface area contributed by atoms with Crippen molar-refractivity contribution in [3.63, 3.8) is 0 Å². The third-order valence-electron chi connectivity index (χ3n) is 6.42. The molecule has 0 aliphatic carbocycles. The Morgan fingerprint density at radius 1 is 0.917 bits per heavy atom. The monoisotopic (exact) mass is 507 g/mol. The van der Waals surface area contributed by atoms with Crippen molar-refractivity contribution in [1.82, 2.24) is 5.32 Å². The molecule has 1 fully saturated rings. The molecule has 2 heterocycles. The number of fused-ring (bicyclic) bond motifs is 1. The van der Waals surface area contributed by atoms with Gasteiger partial charge in [0.25, 0.3) is 15.9 Å². The predicted molar refractivity (Wildman–Crippen MR) is 138 cm³/mol. The number of aryl methyl sites for hydroxylation is 1. The molecule has 1 amide bonds. The molecular formula is C27H29N3O5S. The number of nitrogens with one attached hydrogen (secondary N) is 2. The van der Waals surface area contributed by atoms with Crippen LogP contribution in [0.5, 0.6) is 11.5 Å². The minimum atomic E-state index is -3.83. The van der Waals surface area contributed by atoms with Gasteiger partial charge in [0, 0.05) is 25.2 Å². The maximum absolute atomic E-state index is 13.2. The molecule has 36 heavy (non-hydrogen) atoms. The van der Waals surface area contributed by atoms with Gasteiger partial charge >= 0.3 is 0 Å². The molecule has 2 aliphatic rings. The second-order valence-electron chi connectivity index (χ2n) is 9.07. The first kappa shape index (κ1) is 24.0. The predicted octanol–water partition coefficient (Wildman–Crippen LogP) is 4.44. The highest BCUT2D eigenvalue weighted by Gasteiger charge is 2.22. The van der Waals surface area contributed by atoms with E-state index in [0.717, 1.165) is 49.2 Å². The second-order valence-corrected chi connectivity index (χ2v) is 10.8. The third-order valence-corrected chi connectivity index (χ3v) is 7.80. The van der Waals surface area contributed by atoms with E-state index in [9.17, 15) is 13.2 Å². The van der Waals surface area contributed by atoms with Gasteiger partial charge in [-0.3, -0.25) is 9.52 Å². The summed E-state index contributed by atoms with van der Waals surface area (Å²) in [5, 5.41) is 2.91. The molecule has 0 radical (unpaired) electrons. The lowest BCUT2D eigenvalue weighted by Crippen LogP contribution is -2.31. The number of carbonyl (C=O) groups is 1.